The second-order valence-corrected chi connectivity index (χ2v) is 6.36. The number of carbonyl (C=O) groups is 1. The maximum atomic E-state index is 13.1. The van der Waals surface area contributed by atoms with E-state index in [-0.39, 0.29) is 29.2 Å². The molecular weight excluding hydrogens is 257 g/mol. The van der Waals surface area contributed by atoms with Crippen molar-refractivity contribution in [2.45, 2.75) is 19.8 Å². The Hall–Kier alpha value is -1.43. The van der Waals surface area contributed by atoms with Gasteiger partial charge in [0.1, 0.15) is 5.82 Å². The largest absolute Gasteiger partial charge is 0.396 e. The van der Waals surface area contributed by atoms with E-state index in [0.29, 0.717) is 6.42 Å². The fourth-order valence-corrected chi connectivity index (χ4v) is 2.83. The quantitative estimate of drug-likeness (QED) is 0.633. The first kappa shape index (κ1) is 14.6. The molecule has 18 heavy (non-hydrogen) atoms. The van der Waals surface area contributed by atoms with Crippen molar-refractivity contribution in [2.24, 2.45) is 0 Å². The lowest BCUT2D eigenvalue weighted by Crippen LogP contribution is -2.14. The Balaban J connectivity index is 2.69. The van der Waals surface area contributed by atoms with Crippen LogP contribution in [0.2, 0.25) is 0 Å². The number of halogens is 1. The Morgan fingerprint density at radius 2 is 2.00 bits per heavy atom. The van der Waals surface area contributed by atoms with E-state index in [4.69, 9.17) is 5.73 Å². The summed E-state index contributed by atoms with van der Waals surface area (Å²) < 4.78 is 36.0. The van der Waals surface area contributed by atoms with E-state index in [1.165, 1.54) is 12.1 Å². The summed E-state index contributed by atoms with van der Waals surface area (Å²) in [6.07, 6.45) is 0.388. The SMILES string of the molecule is CCCS(=O)(=O)CCC(=O)c1ccc(N)c(F)c1. The summed E-state index contributed by atoms with van der Waals surface area (Å²) in [6.45, 7) is 1.76. The molecule has 1 aromatic rings. The van der Waals surface area contributed by atoms with Crippen LogP contribution in [0, 0.1) is 5.82 Å². The van der Waals surface area contributed by atoms with Crippen LogP contribution in [0.4, 0.5) is 10.1 Å². The Kier molecular flexibility index (Phi) is 4.84. The van der Waals surface area contributed by atoms with Crippen LogP contribution in [0.3, 0.4) is 0 Å². The zero-order chi connectivity index (χ0) is 13.8. The number of hydrogen-bond donors (Lipinski definition) is 1. The van der Waals surface area contributed by atoms with Crippen LogP contribution in [-0.2, 0) is 9.84 Å². The fourth-order valence-electron chi connectivity index (χ4n) is 1.51. The van der Waals surface area contributed by atoms with E-state index in [2.05, 4.69) is 0 Å². The lowest BCUT2D eigenvalue weighted by molar-refractivity contribution is 0.0988. The molecule has 0 aliphatic carbocycles. The first-order valence-corrected chi connectivity index (χ1v) is 7.46. The number of rotatable bonds is 6. The molecule has 0 aromatic heterocycles. The van der Waals surface area contributed by atoms with Crippen LogP contribution in [-0.4, -0.2) is 25.7 Å². The number of anilines is 1. The van der Waals surface area contributed by atoms with Crippen molar-refractivity contribution < 1.29 is 17.6 Å². The van der Waals surface area contributed by atoms with Crippen molar-refractivity contribution in [1.82, 2.24) is 0 Å². The molecule has 0 saturated carbocycles. The zero-order valence-electron chi connectivity index (χ0n) is 10.1. The molecule has 0 bridgehead atoms. The molecule has 0 saturated heterocycles. The summed E-state index contributed by atoms with van der Waals surface area (Å²) in [6, 6.07) is 3.72. The molecule has 100 valence electrons. The lowest BCUT2D eigenvalue weighted by Gasteiger charge is -2.04. The Labute approximate surface area is 106 Å². The minimum absolute atomic E-state index is 0.0369. The van der Waals surface area contributed by atoms with Crippen molar-refractivity contribution in [2.75, 3.05) is 17.2 Å². The minimum Gasteiger partial charge on any atom is -0.396 e. The normalized spacial score (nSPS) is 11.4. The third-order valence-corrected chi connectivity index (χ3v) is 4.33. The highest BCUT2D eigenvalue weighted by Gasteiger charge is 2.14. The average molecular weight is 273 g/mol. The summed E-state index contributed by atoms with van der Waals surface area (Å²) in [5.41, 5.74) is 5.40. The van der Waals surface area contributed by atoms with Crippen molar-refractivity contribution >= 4 is 21.3 Å². The van der Waals surface area contributed by atoms with Gasteiger partial charge < -0.3 is 5.73 Å². The van der Waals surface area contributed by atoms with E-state index in [9.17, 15) is 17.6 Å². The highest BCUT2D eigenvalue weighted by Crippen LogP contribution is 2.14. The molecule has 0 atom stereocenters. The highest BCUT2D eigenvalue weighted by atomic mass is 32.2. The third-order valence-electron chi connectivity index (χ3n) is 2.48. The third kappa shape index (κ3) is 4.10. The first-order valence-electron chi connectivity index (χ1n) is 5.64. The first-order chi connectivity index (χ1) is 8.35. The van der Waals surface area contributed by atoms with Crippen molar-refractivity contribution in [3.63, 3.8) is 0 Å². The van der Waals surface area contributed by atoms with E-state index in [1.807, 2.05) is 0 Å². The molecule has 1 aromatic carbocycles. The number of ketones is 1. The number of benzene rings is 1. The number of sulfone groups is 1. The van der Waals surface area contributed by atoms with Gasteiger partial charge >= 0.3 is 0 Å². The summed E-state index contributed by atoms with van der Waals surface area (Å²) in [5.74, 6) is -1.20. The summed E-state index contributed by atoms with van der Waals surface area (Å²) in [7, 11) is -3.19. The molecule has 0 radical (unpaired) electrons. The van der Waals surface area contributed by atoms with Gasteiger partial charge in [-0.15, -0.1) is 0 Å². The topological polar surface area (TPSA) is 77.2 Å². The molecule has 0 aliphatic heterocycles. The van der Waals surface area contributed by atoms with Crippen molar-refractivity contribution in [1.29, 1.82) is 0 Å². The number of nitrogens with two attached hydrogens (primary N) is 1. The standard InChI is InChI=1S/C12H16FNO3S/c1-2-6-18(16,17)7-5-12(15)9-3-4-11(14)10(13)8-9/h3-4,8H,2,5-7,14H2,1H3. The lowest BCUT2D eigenvalue weighted by atomic mass is 10.1. The molecule has 0 unspecified atom stereocenters. The van der Waals surface area contributed by atoms with E-state index in [1.54, 1.807) is 6.92 Å². The van der Waals surface area contributed by atoms with Crippen molar-refractivity contribution in [3.05, 3.63) is 29.6 Å². The minimum atomic E-state index is -3.19. The summed E-state index contributed by atoms with van der Waals surface area (Å²) in [4.78, 5) is 11.7. The predicted octanol–water partition coefficient (Wildman–Crippen LogP) is 1.81. The molecule has 6 heteroatoms. The van der Waals surface area contributed by atoms with E-state index < -0.39 is 21.4 Å². The van der Waals surface area contributed by atoms with Crippen LogP contribution in [0.15, 0.2) is 18.2 Å². The molecule has 0 aliphatic rings. The zero-order valence-corrected chi connectivity index (χ0v) is 11.0. The maximum absolute atomic E-state index is 13.1. The van der Waals surface area contributed by atoms with Gasteiger partial charge in [-0.1, -0.05) is 6.92 Å². The van der Waals surface area contributed by atoms with Gasteiger partial charge in [-0.25, -0.2) is 12.8 Å². The summed E-state index contributed by atoms with van der Waals surface area (Å²) in [5, 5.41) is 0. The van der Waals surface area contributed by atoms with E-state index in [0.717, 1.165) is 6.07 Å². The van der Waals surface area contributed by atoms with E-state index >= 15 is 0 Å². The van der Waals surface area contributed by atoms with Crippen LogP contribution in [0.1, 0.15) is 30.1 Å². The van der Waals surface area contributed by atoms with Crippen LogP contribution >= 0.6 is 0 Å². The number of nitrogen functional groups attached to an aromatic ring is 1. The molecule has 0 spiro atoms. The van der Waals surface area contributed by atoms with Gasteiger partial charge in [0.2, 0.25) is 0 Å². The number of carbonyl (C=O) groups excluding carboxylic acids is 1. The molecule has 4 nitrogen and oxygen atoms in total. The Bertz CT molecular complexity index is 540. The molecule has 0 amide bonds. The van der Waals surface area contributed by atoms with Gasteiger partial charge in [0.15, 0.2) is 15.6 Å². The Morgan fingerprint density at radius 3 is 2.56 bits per heavy atom. The second kappa shape index (κ2) is 5.95. The molecule has 1 rings (SSSR count). The number of Topliss-reactive ketones (excluding diaryl/α,β-unsaturated/α-hetero) is 1. The predicted molar refractivity (Wildman–Crippen MR) is 68.7 cm³/mol. The molecular formula is C12H16FNO3S. The van der Waals surface area contributed by atoms with Gasteiger partial charge in [-0.2, -0.15) is 0 Å². The van der Waals surface area contributed by atoms with Gasteiger partial charge in [0, 0.05) is 17.7 Å². The van der Waals surface area contributed by atoms with Crippen LogP contribution in [0.5, 0.6) is 0 Å². The van der Waals surface area contributed by atoms with Gasteiger partial charge in [0.25, 0.3) is 0 Å². The average Bonchev–Trinajstić information content (AvgIpc) is 2.30. The number of hydrogen-bond acceptors (Lipinski definition) is 4. The summed E-state index contributed by atoms with van der Waals surface area (Å²) >= 11 is 0. The maximum Gasteiger partial charge on any atom is 0.163 e. The van der Waals surface area contributed by atoms with Gasteiger partial charge in [-0.05, 0) is 24.6 Å². The molecule has 0 heterocycles. The van der Waals surface area contributed by atoms with Crippen LogP contribution < -0.4 is 5.73 Å². The highest BCUT2D eigenvalue weighted by molar-refractivity contribution is 7.91. The fraction of sp³-hybridized carbons (Fsp3) is 0.417. The van der Waals surface area contributed by atoms with Crippen LogP contribution in [0.25, 0.3) is 0 Å². The van der Waals surface area contributed by atoms with Crippen molar-refractivity contribution in [3.8, 4) is 0 Å². The van der Waals surface area contributed by atoms with Gasteiger partial charge in [-0.3, -0.25) is 4.79 Å². The second-order valence-electron chi connectivity index (χ2n) is 4.06. The van der Waals surface area contributed by atoms with Gasteiger partial charge in [0.05, 0.1) is 11.4 Å². The monoisotopic (exact) mass is 273 g/mol. The molecule has 2 N–H and O–H groups in total. The smallest absolute Gasteiger partial charge is 0.163 e. The molecule has 0 fully saturated rings. The Morgan fingerprint density at radius 1 is 1.33 bits per heavy atom.